The number of aromatic nitrogens is 2. The molecule has 352 valence electrons. The Morgan fingerprint density at radius 2 is 1.28 bits per heavy atom. The Hall–Kier alpha value is -4.71. The van der Waals surface area contributed by atoms with Crippen LogP contribution in [0.4, 0.5) is 4.79 Å². The summed E-state index contributed by atoms with van der Waals surface area (Å²) in [7, 11) is -6.23. The van der Waals surface area contributed by atoms with Crippen LogP contribution >= 0.6 is 14.5 Å². The number of carbonyl (C=O) groups excluding carboxylic acids is 3. The van der Waals surface area contributed by atoms with Gasteiger partial charge in [-0.2, -0.15) is 0 Å². The first kappa shape index (κ1) is 51.3. The van der Waals surface area contributed by atoms with Gasteiger partial charge in [0.15, 0.2) is 0 Å². The molecule has 1 aliphatic heterocycles. The molecule has 1 N–H and O–H groups in total. The first-order valence-corrected chi connectivity index (χ1v) is 27.2. The second-order valence-electron chi connectivity index (χ2n) is 18.1. The quantitative estimate of drug-likeness (QED) is 0.0413. The third-order valence-corrected chi connectivity index (χ3v) is 13.9. The molecule has 0 aliphatic carbocycles. The lowest BCUT2D eigenvalue weighted by Gasteiger charge is -2.28. The molecule has 1 fully saturated rings. The number of hydrogen-bond donors (Lipinski definition) is 1. The van der Waals surface area contributed by atoms with Gasteiger partial charge in [-0.1, -0.05) is 67.1 Å². The van der Waals surface area contributed by atoms with Gasteiger partial charge in [-0.15, -0.1) is 0 Å². The molecule has 14 nitrogen and oxygen atoms in total. The summed E-state index contributed by atoms with van der Waals surface area (Å²) < 4.78 is 49.7. The van der Waals surface area contributed by atoms with Crippen molar-refractivity contribution in [2.45, 2.75) is 91.7 Å². The molecule has 5 rings (SSSR count). The van der Waals surface area contributed by atoms with Crippen molar-refractivity contribution in [1.29, 1.82) is 0 Å². The molecule has 0 saturated carbocycles. The maximum absolute atomic E-state index is 13.8. The zero-order valence-corrected chi connectivity index (χ0v) is 40.9. The molecule has 65 heavy (non-hydrogen) atoms. The van der Waals surface area contributed by atoms with Crippen molar-refractivity contribution in [1.82, 2.24) is 25.1 Å². The van der Waals surface area contributed by atoms with Gasteiger partial charge in [-0.3, -0.25) is 14.4 Å². The Morgan fingerprint density at radius 3 is 1.83 bits per heavy atom. The van der Waals surface area contributed by atoms with Gasteiger partial charge in [0, 0.05) is 45.9 Å². The van der Waals surface area contributed by atoms with Gasteiger partial charge in [0.1, 0.15) is 36.8 Å². The van der Waals surface area contributed by atoms with Crippen LogP contribution in [0.25, 0.3) is 0 Å². The highest BCUT2D eigenvalue weighted by Crippen LogP contribution is 2.40. The van der Waals surface area contributed by atoms with E-state index < -0.39 is 38.1 Å². The zero-order valence-electron chi connectivity index (χ0n) is 39.1. The molecular formula is C49H67N5O9P2. The number of carbonyl (C=O) groups is 3. The fourth-order valence-electron chi connectivity index (χ4n) is 7.56. The van der Waals surface area contributed by atoms with Crippen molar-refractivity contribution in [3.63, 3.8) is 0 Å². The molecule has 1 aliphatic rings. The second-order valence-corrected chi connectivity index (χ2v) is 23.7. The highest BCUT2D eigenvalue weighted by Gasteiger charge is 2.27. The Morgan fingerprint density at radius 1 is 0.738 bits per heavy atom. The number of hydrogen-bond acceptors (Lipinski definition) is 13. The number of alkyl carbamates (subject to hydrolysis) is 1. The number of esters is 2. The first-order chi connectivity index (χ1) is 30.9. The van der Waals surface area contributed by atoms with Crippen LogP contribution in [0.2, 0.25) is 0 Å². The van der Waals surface area contributed by atoms with E-state index in [0.29, 0.717) is 61.0 Å². The molecule has 4 aromatic rings. The number of nitrogens with one attached hydrogen (secondary N) is 1. The maximum atomic E-state index is 13.8. The van der Waals surface area contributed by atoms with Crippen LogP contribution in [0.5, 0.6) is 0 Å². The first-order valence-electron chi connectivity index (χ1n) is 22.5. The van der Waals surface area contributed by atoms with Crippen LogP contribution in [0, 0.1) is 5.92 Å². The number of ether oxygens (including phenoxy) is 3. The average Bonchev–Trinajstić information content (AvgIpc) is 3.34. The van der Waals surface area contributed by atoms with Crippen molar-refractivity contribution in [2.24, 2.45) is 5.92 Å². The van der Waals surface area contributed by atoms with E-state index in [0.717, 1.165) is 56.3 Å². The molecule has 2 aromatic heterocycles. The Kier molecular flexibility index (Phi) is 19.1. The summed E-state index contributed by atoms with van der Waals surface area (Å²) in [6.07, 6.45) is 4.01. The van der Waals surface area contributed by atoms with E-state index in [-0.39, 0.29) is 30.8 Å². The number of benzene rings is 2. The fourth-order valence-corrected chi connectivity index (χ4v) is 9.68. The highest BCUT2D eigenvalue weighted by molar-refractivity contribution is 7.69. The molecule has 0 bridgehead atoms. The van der Waals surface area contributed by atoms with Gasteiger partial charge in [0.05, 0.1) is 29.1 Å². The maximum Gasteiger partial charge on any atom is 0.407 e. The standard InChI is InChI=1S/C49H67N5O9P2/c1-8-62-65(7,59)45-31-41(47(56)61-36-39-21-13-10-14-22-39)29-43(52-45)34-54-27-26-53(25-17-23-37(32-54)18-15-16-24-50-48(57)63-49(2,3)4)33-42-28-40(30-44(51-42)64(5,6)58)46(55)60-35-38-19-11-9-12-20-38/h9-14,19-22,28-31,37H,8,15-18,23-27,32-36H2,1-7H3,(H,50,57)/t37-,65?/m1/s1. The summed E-state index contributed by atoms with van der Waals surface area (Å²) in [5, 5.41) is 2.87. The Balaban J connectivity index is 1.38. The smallest absolute Gasteiger partial charge is 0.407 e. The van der Waals surface area contributed by atoms with E-state index in [9.17, 15) is 23.5 Å². The monoisotopic (exact) mass is 931 g/mol. The predicted molar refractivity (Wildman–Crippen MR) is 255 cm³/mol. The summed E-state index contributed by atoms with van der Waals surface area (Å²) in [6.45, 7) is 16.5. The molecule has 2 aromatic carbocycles. The highest BCUT2D eigenvalue weighted by atomic mass is 31.2. The van der Waals surface area contributed by atoms with Gasteiger partial charge in [0.25, 0.3) is 0 Å². The molecule has 0 spiro atoms. The van der Waals surface area contributed by atoms with E-state index in [2.05, 4.69) is 15.1 Å². The summed E-state index contributed by atoms with van der Waals surface area (Å²) in [4.78, 5) is 53.5. The fraction of sp³-hybridized carbons (Fsp3) is 0.490. The summed E-state index contributed by atoms with van der Waals surface area (Å²) in [5.41, 5.74) is 3.46. The molecule has 16 heteroatoms. The van der Waals surface area contributed by atoms with Gasteiger partial charge < -0.3 is 28.6 Å². The predicted octanol–water partition coefficient (Wildman–Crippen LogP) is 8.42. The summed E-state index contributed by atoms with van der Waals surface area (Å²) >= 11 is 0. The largest absolute Gasteiger partial charge is 0.457 e. The number of rotatable bonds is 19. The van der Waals surface area contributed by atoms with Crippen molar-refractivity contribution in [2.75, 3.05) is 59.3 Å². The van der Waals surface area contributed by atoms with Gasteiger partial charge in [-0.25, -0.2) is 24.4 Å². The van der Waals surface area contributed by atoms with Crippen LogP contribution in [0.1, 0.15) is 103 Å². The molecule has 3 heterocycles. The third kappa shape index (κ3) is 17.6. The van der Waals surface area contributed by atoms with Gasteiger partial charge in [-0.05, 0) is 115 Å². The number of pyridine rings is 2. The van der Waals surface area contributed by atoms with E-state index >= 15 is 0 Å². The summed E-state index contributed by atoms with van der Waals surface area (Å²) in [5.74, 6) is -0.759. The van der Waals surface area contributed by atoms with Crippen LogP contribution in [0.3, 0.4) is 0 Å². The number of unbranched alkanes of at least 4 members (excludes halogenated alkanes) is 1. The van der Waals surface area contributed by atoms with Crippen molar-refractivity contribution in [3.05, 3.63) is 119 Å². The topological polar surface area (TPSA) is 167 Å². The SMILES string of the molecule is CCOP(C)(=O)c1cc(C(=O)OCc2ccccc2)cc(CN2CCN(Cc3cc(C(=O)OCc4ccccc4)cc(P(C)(C)=O)n3)CCC[C@@H](CCCCNC(=O)OC(C)(C)C)C2)n1. The second kappa shape index (κ2) is 24.2. The lowest BCUT2D eigenvalue weighted by atomic mass is 9.95. The van der Waals surface area contributed by atoms with Crippen LogP contribution in [0.15, 0.2) is 84.9 Å². The van der Waals surface area contributed by atoms with Gasteiger partial charge in [0.2, 0.25) is 7.37 Å². The third-order valence-electron chi connectivity index (χ3n) is 10.8. The van der Waals surface area contributed by atoms with Crippen LogP contribution in [-0.4, -0.2) is 103 Å². The Bertz CT molecular complexity index is 2280. The van der Waals surface area contributed by atoms with Crippen LogP contribution < -0.4 is 16.2 Å². The van der Waals surface area contributed by atoms with Gasteiger partial charge >= 0.3 is 18.0 Å². The minimum absolute atomic E-state index is 0.0844. The lowest BCUT2D eigenvalue weighted by molar-refractivity contribution is 0.0463. The van der Waals surface area contributed by atoms with Crippen molar-refractivity contribution < 1.29 is 42.2 Å². The molecule has 1 unspecified atom stereocenters. The minimum Gasteiger partial charge on any atom is -0.457 e. The molecule has 1 amide bonds. The van der Waals surface area contributed by atoms with E-state index in [1.165, 1.54) is 12.7 Å². The lowest BCUT2D eigenvalue weighted by Crippen LogP contribution is -2.37. The van der Waals surface area contributed by atoms with Crippen molar-refractivity contribution in [3.8, 4) is 0 Å². The van der Waals surface area contributed by atoms with E-state index in [1.54, 1.807) is 38.5 Å². The van der Waals surface area contributed by atoms with E-state index in [1.807, 2.05) is 81.4 Å². The molecule has 2 atom stereocenters. The van der Waals surface area contributed by atoms with Crippen LogP contribution in [-0.2, 0) is 54.2 Å². The molecular weight excluding hydrogens is 865 g/mol. The average molecular weight is 932 g/mol. The van der Waals surface area contributed by atoms with Crippen molar-refractivity contribution >= 4 is 43.4 Å². The normalized spacial score (nSPS) is 16.3. The Labute approximate surface area is 385 Å². The number of nitrogens with zero attached hydrogens (tertiary/aromatic N) is 4. The molecule has 0 radical (unpaired) electrons. The summed E-state index contributed by atoms with van der Waals surface area (Å²) in [6, 6.07) is 25.4. The minimum atomic E-state index is -3.38. The van der Waals surface area contributed by atoms with E-state index in [4.69, 9.17) is 28.7 Å². The number of amides is 1. The zero-order chi connectivity index (χ0) is 47.0. The molecule has 1 saturated heterocycles.